The summed E-state index contributed by atoms with van der Waals surface area (Å²) in [5, 5.41) is 7.65. The van der Waals surface area contributed by atoms with Gasteiger partial charge in [0.25, 0.3) is 11.8 Å². The van der Waals surface area contributed by atoms with E-state index in [1.54, 1.807) is 39.9 Å². The van der Waals surface area contributed by atoms with Crippen LogP contribution in [0, 0.1) is 0 Å². The maximum atomic E-state index is 13.1. The van der Waals surface area contributed by atoms with E-state index in [9.17, 15) is 9.59 Å². The molecule has 0 atom stereocenters. The fraction of sp³-hybridized carbons (Fsp3) is 0.292. The number of aromatic nitrogens is 2. The number of ether oxygens (including phenoxy) is 2. The highest BCUT2D eigenvalue weighted by atomic mass is 35.5. The largest absolute Gasteiger partial charge is 0.487 e. The molecule has 172 valence electrons. The van der Waals surface area contributed by atoms with Gasteiger partial charge in [0.1, 0.15) is 18.1 Å². The minimum atomic E-state index is -0.332. The van der Waals surface area contributed by atoms with Crippen LogP contribution in [0.5, 0.6) is 5.75 Å². The molecule has 0 spiro atoms. The van der Waals surface area contributed by atoms with Crippen LogP contribution in [0.1, 0.15) is 33.3 Å². The van der Waals surface area contributed by atoms with Crippen molar-refractivity contribution < 1.29 is 19.1 Å². The Kier molecular flexibility index (Phi) is 7.26. The molecule has 1 aliphatic rings. The Hall–Kier alpha value is -3.36. The van der Waals surface area contributed by atoms with Crippen LogP contribution >= 0.6 is 11.6 Å². The molecule has 1 aliphatic heterocycles. The lowest BCUT2D eigenvalue weighted by Crippen LogP contribution is -2.41. The second-order valence-electron chi connectivity index (χ2n) is 7.50. The Bertz CT molecular complexity index is 1140. The Morgan fingerprint density at radius 3 is 2.70 bits per heavy atom. The van der Waals surface area contributed by atoms with Crippen LogP contribution in [0.15, 0.2) is 54.7 Å². The normalized spacial score (nSPS) is 13.6. The molecule has 2 amide bonds. The number of amides is 2. The maximum Gasteiger partial charge on any atom is 0.274 e. The van der Waals surface area contributed by atoms with Gasteiger partial charge < -0.3 is 19.7 Å². The van der Waals surface area contributed by atoms with Gasteiger partial charge in [-0.15, -0.1) is 0 Å². The number of hydrogen-bond acceptors (Lipinski definition) is 5. The molecule has 4 rings (SSSR count). The van der Waals surface area contributed by atoms with Crippen LogP contribution in [-0.4, -0.2) is 52.8 Å². The monoisotopic (exact) mass is 468 g/mol. The summed E-state index contributed by atoms with van der Waals surface area (Å²) in [4.78, 5) is 27.8. The van der Waals surface area contributed by atoms with E-state index < -0.39 is 0 Å². The highest BCUT2D eigenvalue weighted by Crippen LogP contribution is 2.24. The van der Waals surface area contributed by atoms with Crippen molar-refractivity contribution in [2.75, 3.05) is 31.6 Å². The molecule has 2 aromatic carbocycles. The van der Waals surface area contributed by atoms with Crippen LogP contribution in [-0.2, 0) is 17.9 Å². The van der Waals surface area contributed by atoms with Gasteiger partial charge in [-0.1, -0.05) is 35.9 Å². The van der Waals surface area contributed by atoms with Crippen LogP contribution < -0.4 is 10.1 Å². The van der Waals surface area contributed by atoms with Crippen molar-refractivity contribution in [3.63, 3.8) is 0 Å². The van der Waals surface area contributed by atoms with Gasteiger partial charge in [0, 0.05) is 25.2 Å². The minimum Gasteiger partial charge on any atom is -0.487 e. The molecule has 33 heavy (non-hydrogen) atoms. The smallest absolute Gasteiger partial charge is 0.274 e. The van der Waals surface area contributed by atoms with Gasteiger partial charge >= 0.3 is 0 Å². The van der Waals surface area contributed by atoms with Crippen LogP contribution in [0.25, 0.3) is 0 Å². The van der Waals surface area contributed by atoms with Crippen LogP contribution in [0.4, 0.5) is 5.69 Å². The summed E-state index contributed by atoms with van der Waals surface area (Å²) < 4.78 is 12.7. The topological polar surface area (TPSA) is 85.7 Å². The van der Waals surface area contributed by atoms with E-state index in [-0.39, 0.29) is 18.4 Å². The molecule has 0 saturated carbocycles. The predicted molar refractivity (Wildman–Crippen MR) is 125 cm³/mol. The van der Waals surface area contributed by atoms with Crippen molar-refractivity contribution in [1.29, 1.82) is 0 Å². The van der Waals surface area contributed by atoms with Crippen molar-refractivity contribution in [1.82, 2.24) is 14.7 Å². The molecule has 2 heterocycles. The second kappa shape index (κ2) is 10.5. The van der Waals surface area contributed by atoms with Crippen molar-refractivity contribution >= 4 is 29.1 Å². The van der Waals surface area contributed by atoms with E-state index in [0.29, 0.717) is 60.6 Å². The van der Waals surface area contributed by atoms with E-state index in [0.717, 1.165) is 5.56 Å². The Labute approximate surface area is 197 Å². The minimum absolute atomic E-state index is 0.171. The third-order valence-corrected chi connectivity index (χ3v) is 5.62. The van der Waals surface area contributed by atoms with Crippen molar-refractivity contribution in [2.45, 2.75) is 20.1 Å². The van der Waals surface area contributed by atoms with E-state index in [1.807, 2.05) is 25.1 Å². The summed E-state index contributed by atoms with van der Waals surface area (Å²) in [6.07, 6.45) is 1.51. The maximum absolute atomic E-state index is 13.1. The molecule has 0 radical (unpaired) electrons. The summed E-state index contributed by atoms with van der Waals surface area (Å²) in [7, 11) is 0. The fourth-order valence-corrected chi connectivity index (χ4v) is 3.77. The number of morpholine rings is 1. The highest BCUT2D eigenvalue weighted by Gasteiger charge is 2.26. The van der Waals surface area contributed by atoms with Gasteiger partial charge in [0.05, 0.1) is 30.1 Å². The zero-order valence-corrected chi connectivity index (χ0v) is 19.0. The van der Waals surface area contributed by atoms with Gasteiger partial charge in [-0.2, -0.15) is 5.10 Å². The van der Waals surface area contributed by atoms with Gasteiger partial charge in [-0.05, 0) is 36.8 Å². The Morgan fingerprint density at radius 1 is 1.15 bits per heavy atom. The number of benzene rings is 2. The molecule has 1 N–H and O–H groups in total. The number of hydrogen-bond donors (Lipinski definition) is 1. The lowest BCUT2D eigenvalue weighted by molar-refractivity contribution is 0.0295. The summed E-state index contributed by atoms with van der Waals surface area (Å²) in [6.45, 7) is 4.68. The van der Waals surface area contributed by atoms with Gasteiger partial charge in [-0.3, -0.25) is 14.3 Å². The number of carbonyl (C=O) groups excluding carboxylic acids is 2. The molecule has 1 aromatic heterocycles. The highest BCUT2D eigenvalue weighted by molar-refractivity contribution is 6.32. The molecular formula is C24H25ClN4O4. The molecule has 1 saturated heterocycles. The summed E-state index contributed by atoms with van der Waals surface area (Å²) >= 11 is 6.14. The first kappa shape index (κ1) is 22.8. The first-order valence-electron chi connectivity index (χ1n) is 10.8. The molecule has 1 fully saturated rings. The number of rotatable bonds is 7. The predicted octanol–water partition coefficient (Wildman–Crippen LogP) is 3.86. The number of nitrogens with one attached hydrogen (secondary N) is 1. The van der Waals surface area contributed by atoms with Gasteiger partial charge in [0.2, 0.25) is 0 Å². The van der Waals surface area contributed by atoms with E-state index in [2.05, 4.69) is 10.4 Å². The molecule has 3 aromatic rings. The third-order valence-electron chi connectivity index (χ3n) is 5.31. The zero-order valence-electron chi connectivity index (χ0n) is 18.3. The average Bonchev–Trinajstić information content (AvgIpc) is 3.26. The first-order chi connectivity index (χ1) is 16.1. The van der Waals surface area contributed by atoms with Gasteiger partial charge in [0.15, 0.2) is 0 Å². The summed E-state index contributed by atoms with van der Waals surface area (Å²) in [5.41, 5.74) is 2.02. The quantitative estimate of drug-likeness (QED) is 0.569. The molecule has 0 bridgehead atoms. The summed E-state index contributed by atoms with van der Waals surface area (Å²) in [5.74, 6) is 0.0726. The molecule has 0 aliphatic carbocycles. The van der Waals surface area contributed by atoms with Crippen molar-refractivity contribution in [3.05, 3.63) is 76.6 Å². The van der Waals surface area contributed by atoms with E-state index in [4.69, 9.17) is 21.1 Å². The Balaban J connectivity index is 1.48. The zero-order chi connectivity index (χ0) is 23.2. The second-order valence-corrected chi connectivity index (χ2v) is 7.91. The molecule has 9 heteroatoms. The van der Waals surface area contributed by atoms with Crippen LogP contribution in [0.3, 0.4) is 0 Å². The number of nitrogens with zero attached hydrogens (tertiary/aromatic N) is 3. The fourth-order valence-electron chi connectivity index (χ4n) is 3.58. The lowest BCUT2D eigenvalue weighted by atomic mass is 10.1. The number of carbonyl (C=O) groups is 2. The SMILES string of the molecule is CCn1ncc(NC(=O)c2cccc(COc3ccccc3Cl)c2)c1C(=O)N1CCOCC1. The van der Waals surface area contributed by atoms with E-state index >= 15 is 0 Å². The number of anilines is 1. The van der Waals surface area contributed by atoms with E-state index in [1.165, 1.54) is 6.20 Å². The average molecular weight is 469 g/mol. The molecular weight excluding hydrogens is 444 g/mol. The lowest BCUT2D eigenvalue weighted by Gasteiger charge is -2.27. The van der Waals surface area contributed by atoms with Crippen molar-refractivity contribution in [2.24, 2.45) is 0 Å². The number of halogens is 1. The third kappa shape index (κ3) is 5.35. The number of aryl methyl sites for hydroxylation is 1. The van der Waals surface area contributed by atoms with Gasteiger partial charge in [-0.25, -0.2) is 0 Å². The number of para-hydroxylation sites is 1. The van der Waals surface area contributed by atoms with Crippen LogP contribution in [0.2, 0.25) is 5.02 Å². The molecule has 0 unspecified atom stereocenters. The van der Waals surface area contributed by atoms with Crippen molar-refractivity contribution in [3.8, 4) is 5.75 Å². The standard InChI is InChI=1S/C24H25ClN4O4/c1-2-29-22(24(31)28-10-12-32-13-11-28)20(15-26-29)27-23(30)18-7-5-6-17(14-18)16-33-21-9-4-3-8-19(21)25/h3-9,14-15H,2,10-13,16H2,1H3,(H,27,30). The summed E-state index contributed by atoms with van der Waals surface area (Å²) in [6, 6.07) is 14.3. The molecule has 8 nitrogen and oxygen atoms in total. The first-order valence-corrected chi connectivity index (χ1v) is 11.1. The Morgan fingerprint density at radius 2 is 1.94 bits per heavy atom.